The van der Waals surface area contributed by atoms with Crippen LogP contribution in [0.5, 0.6) is 5.75 Å². The molecule has 1 aliphatic rings. The minimum Gasteiger partial charge on any atom is -0.487 e. The molecular weight excluding hydrogens is 416 g/mol. The maximum absolute atomic E-state index is 12.2. The van der Waals surface area contributed by atoms with E-state index in [0.29, 0.717) is 12.2 Å². The number of aliphatic imine (C=N–C) groups is 1. The van der Waals surface area contributed by atoms with Gasteiger partial charge in [-0.25, -0.2) is 4.99 Å². The summed E-state index contributed by atoms with van der Waals surface area (Å²) in [6.07, 6.45) is 2.30. The van der Waals surface area contributed by atoms with E-state index in [2.05, 4.69) is 35.9 Å². The van der Waals surface area contributed by atoms with Gasteiger partial charge in [-0.05, 0) is 56.7 Å². The van der Waals surface area contributed by atoms with Crippen molar-refractivity contribution in [3.63, 3.8) is 0 Å². The molecular formula is C26H30N4O3. The Morgan fingerprint density at radius 1 is 1.12 bits per heavy atom. The molecule has 0 aliphatic carbocycles. The Labute approximate surface area is 194 Å². The number of rotatable bonds is 6. The summed E-state index contributed by atoms with van der Waals surface area (Å²) in [5.74, 6) is 1.63. The van der Waals surface area contributed by atoms with Gasteiger partial charge < -0.3 is 25.1 Å². The highest BCUT2D eigenvalue weighted by molar-refractivity contribution is 6.02. The van der Waals surface area contributed by atoms with Crippen molar-refractivity contribution >= 4 is 17.6 Å². The molecule has 1 aromatic heterocycles. The minimum atomic E-state index is -0.281. The Hall–Kier alpha value is -3.74. The highest BCUT2D eigenvalue weighted by Crippen LogP contribution is 2.39. The van der Waals surface area contributed by atoms with Crippen molar-refractivity contribution in [1.29, 1.82) is 0 Å². The number of carbonyl (C=O) groups is 1. The first-order chi connectivity index (χ1) is 15.9. The topological polar surface area (TPSA) is 87.9 Å². The van der Waals surface area contributed by atoms with E-state index in [4.69, 9.17) is 14.1 Å². The van der Waals surface area contributed by atoms with Gasteiger partial charge in [-0.1, -0.05) is 30.3 Å². The molecule has 3 aromatic rings. The largest absolute Gasteiger partial charge is 0.487 e. The number of carbonyl (C=O) groups excluding carboxylic acids is 1. The Morgan fingerprint density at radius 2 is 1.97 bits per heavy atom. The molecule has 2 aromatic carbocycles. The van der Waals surface area contributed by atoms with Crippen LogP contribution in [0.15, 0.2) is 76.3 Å². The molecule has 0 saturated carbocycles. The normalized spacial score (nSPS) is 16.9. The van der Waals surface area contributed by atoms with Crippen LogP contribution in [-0.4, -0.2) is 24.0 Å². The van der Waals surface area contributed by atoms with E-state index in [1.54, 1.807) is 12.1 Å². The van der Waals surface area contributed by atoms with Crippen LogP contribution in [0.4, 0.5) is 5.69 Å². The van der Waals surface area contributed by atoms with Crippen molar-refractivity contribution < 1.29 is 13.9 Å². The van der Waals surface area contributed by atoms with Gasteiger partial charge in [0.1, 0.15) is 11.4 Å². The lowest BCUT2D eigenvalue weighted by atomic mass is 9.90. The molecule has 7 nitrogen and oxygen atoms in total. The Balaban J connectivity index is 1.47. The average molecular weight is 447 g/mol. The fourth-order valence-corrected chi connectivity index (χ4v) is 3.93. The summed E-state index contributed by atoms with van der Waals surface area (Å²) in [7, 11) is 0. The first kappa shape index (κ1) is 22.5. The van der Waals surface area contributed by atoms with E-state index < -0.39 is 0 Å². The fraction of sp³-hybridized carbons (Fsp3) is 0.308. The van der Waals surface area contributed by atoms with Crippen molar-refractivity contribution in [3.8, 4) is 5.75 Å². The van der Waals surface area contributed by atoms with Crippen LogP contribution in [0.1, 0.15) is 54.9 Å². The quantitative estimate of drug-likeness (QED) is 0.371. The van der Waals surface area contributed by atoms with Gasteiger partial charge in [0.05, 0.1) is 18.8 Å². The summed E-state index contributed by atoms with van der Waals surface area (Å²) < 4.78 is 11.3. The molecule has 0 bridgehead atoms. The monoisotopic (exact) mass is 446 g/mol. The molecule has 7 heteroatoms. The zero-order chi connectivity index (χ0) is 23.3. The Morgan fingerprint density at radius 3 is 2.76 bits per heavy atom. The first-order valence-corrected chi connectivity index (χ1v) is 11.2. The highest BCUT2D eigenvalue weighted by Gasteiger charge is 2.33. The van der Waals surface area contributed by atoms with Gasteiger partial charge in [0.15, 0.2) is 11.7 Å². The van der Waals surface area contributed by atoms with Gasteiger partial charge in [0.2, 0.25) is 0 Å². The molecule has 4 rings (SSSR count). The van der Waals surface area contributed by atoms with E-state index >= 15 is 0 Å². The number of benzene rings is 2. The van der Waals surface area contributed by atoms with E-state index in [1.165, 1.54) is 6.26 Å². The minimum absolute atomic E-state index is 0.0849. The third-order valence-electron chi connectivity index (χ3n) is 5.38. The van der Waals surface area contributed by atoms with Crippen molar-refractivity contribution in [2.45, 2.75) is 45.4 Å². The van der Waals surface area contributed by atoms with Crippen LogP contribution in [0.25, 0.3) is 0 Å². The molecule has 0 fully saturated rings. The number of hydrogen-bond donors (Lipinski definition) is 3. The second kappa shape index (κ2) is 9.81. The van der Waals surface area contributed by atoms with Gasteiger partial charge in [-0.15, -0.1) is 0 Å². The number of furan rings is 1. The third kappa shape index (κ3) is 5.74. The van der Waals surface area contributed by atoms with E-state index in [1.807, 2.05) is 49.4 Å². The molecule has 1 atom stereocenters. The Kier molecular flexibility index (Phi) is 6.68. The maximum Gasteiger partial charge on any atom is 0.291 e. The fourth-order valence-electron chi connectivity index (χ4n) is 3.93. The smallest absolute Gasteiger partial charge is 0.291 e. The molecule has 3 N–H and O–H groups in total. The van der Waals surface area contributed by atoms with Gasteiger partial charge in [0, 0.05) is 24.2 Å². The van der Waals surface area contributed by atoms with Crippen LogP contribution >= 0.6 is 0 Å². The maximum atomic E-state index is 12.2. The summed E-state index contributed by atoms with van der Waals surface area (Å²) >= 11 is 0. The number of nitrogens with one attached hydrogen (secondary N) is 3. The SMILES string of the molecule is CCNC(=NCc1cccc(NC(=O)c2ccco2)c1)NC1CC(C)(C)Oc2ccccc21. The van der Waals surface area contributed by atoms with Crippen LogP contribution in [0.3, 0.4) is 0 Å². The van der Waals surface area contributed by atoms with E-state index in [0.717, 1.165) is 35.8 Å². The molecule has 0 saturated heterocycles. The molecule has 1 amide bonds. The number of fused-ring (bicyclic) bond motifs is 1. The number of ether oxygens (including phenoxy) is 1. The number of amides is 1. The molecule has 1 unspecified atom stereocenters. The van der Waals surface area contributed by atoms with Crippen molar-refractivity contribution in [1.82, 2.24) is 10.6 Å². The lowest BCUT2D eigenvalue weighted by molar-refractivity contribution is 0.0694. The average Bonchev–Trinajstić information content (AvgIpc) is 3.32. The zero-order valence-electron chi connectivity index (χ0n) is 19.2. The summed E-state index contributed by atoms with van der Waals surface area (Å²) in [6.45, 7) is 7.46. The summed E-state index contributed by atoms with van der Waals surface area (Å²) in [5, 5.41) is 9.78. The van der Waals surface area contributed by atoms with Crippen molar-refractivity contribution in [2.24, 2.45) is 4.99 Å². The molecule has 0 radical (unpaired) electrons. The van der Waals surface area contributed by atoms with Crippen LogP contribution < -0.4 is 20.7 Å². The number of guanidine groups is 1. The second-order valence-corrected chi connectivity index (χ2v) is 8.63. The summed E-state index contributed by atoms with van der Waals surface area (Å²) in [6, 6.07) is 19.2. The molecule has 1 aliphatic heterocycles. The number of anilines is 1. The molecule has 2 heterocycles. The predicted octanol–water partition coefficient (Wildman–Crippen LogP) is 4.89. The van der Waals surface area contributed by atoms with Gasteiger partial charge in [-0.2, -0.15) is 0 Å². The summed E-state index contributed by atoms with van der Waals surface area (Å²) in [4.78, 5) is 17.0. The van der Waals surface area contributed by atoms with Crippen molar-refractivity contribution in [2.75, 3.05) is 11.9 Å². The number of hydrogen-bond acceptors (Lipinski definition) is 4. The zero-order valence-corrected chi connectivity index (χ0v) is 19.2. The standard InChI is InChI=1S/C26H30N4O3/c1-4-27-25(30-21-16-26(2,3)33-22-12-6-5-11-20(21)22)28-17-18-9-7-10-19(15-18)29-24(31)23-13-8-14-32-23/h5-15,21H,4,16-17H2,1-3H3,(H,29,31)(H2,27,28,30). The molecule has 33 heavy (non-hydrogen) atoms. The number of nitrogens with zero attached hydrogens (tertiary/aromatic N) is 1. The van der Waals surface area contributed by atoms with Crippen LogP contribution in [0.2, 0.25) is 0 Å². The summed E-state index contributed by atoms with van der Waals surface area (Å²) in [5.41, 5.74) is 2.54. The van der Waals surface area contributed by atoms with Crippen LogP contribution in [-0.2, 0) is 6.54 Å². The molecule has 172 valence electrons. The lowest BCUT2D eigenvalue weighted by Gasteiger charge is -2.38. The predicted molar refractivity (Wildman–Crippen MR) is 130 cm³/mol. The highest BCUT2D eigenvalue weighted by atomic mass is 16.5. The van der Waals surface area contributed by atoms with Gasteiger partial charge in [-0.3, -0.25) is 4.79 Å². The first-order valence-electron chi connectivity index (χ1n) is 11.2. The molecule has 0 spiro atoms. The van der Waals surface area contributed by atoms with Gasteiger partial charge >= 0.3 is 0 Å². The Bertz CT molecular complexity index is 1120. The van der Waals surface area contributed by atoms with Crippen molar-refractivity contribution in [3.05, 3.63) is 83.8 Å². The van der Waals surface area contributed by atoms with E-state index in [9.17, 15) is 4.79 Å². The number of para-hydroxylation sites is 1. The lowest BCUT2D eigenvalue weighted by Crippen LogP contribution is -2.45. The van der Waals surface area contributed by atoms with Crippen LogP contribution in [0, 0.1) is 0 Å². The third-order valence-corrected chi connectivity index (χ3v) is 5.38. The second-order valence-electron chi connectivity index (χ2n) is 8.63. The van der Waals surface area contributed by atoms with Gasteiger partial charge in [0.25, 0.3) is 5.91 Å². The van der Waals surface area contributed by atoms with E-state index in [-0.39, 0.29) is 23.3 Å².